The number of para-hydroxylation sites is 2. The minimum Gasteiger partial charge on any atom is -0.495 e. The molecular formula is C27H29N3O6S. The van der Waals surface area contributed by atoms with Gasteiger partial charge in [0.15, 0.2) is 6.10 Å². The molecule has 4 rings (SSSR count). The Morgan fingerprint density at radius 3 is 2.51 bits per heavy atom. The fraction of sp³-hybridized carbons (Fsp3) is 0.259. The summed E-state index contributed by atoms with van der Waals surface area (Å²) in [5, 5.41) is 2.88. The lowest BCUT2D eigenvalue weighted by Gasteiger charge is -2.34. The van der Waals surface area contributed by atoms with E-state index in [1.54, 1.807) is 31.2 Å². The van der Waals surface area contributed by atoms with Crippen LogP contribution in [0.15, 0.2) is 77.7 Å². The minimum absolute atomic E-state index is 0.0334. The Balaban J connectivity index is 1.57. The van der Waals surface area contributed by atoms with Crippen LogP contribution in [0.3, 0.4) is 0 Å². The lowest BCUT2D eigenvalue weighted by Crippen LogP contribution is -2.51. The molecule has 37 heavy (non-hydrogen) atoms. The lowest BCUT2D eigenvalue weighted by atomic mass is 10.1. The van der Waals surface area contributed by atoms with Crippen LogP contribution in [-0.4, -0.2) is 53.1 Å². The van der Waals surface area contributed by atoms with Gasteiger partial charge in [-0.1, -0.05) is 49.4 Å². The van der Waals surface area contributed by atoms with E-state index < -0.39 is 22.0 Å². The van der Waals surface area contributed by atoms with Crippen LogP contribution in [0.25, 0.3) is 0 Å². The highest BCUT2D eigenvalue weighted by Gasteiger charge is 2.34. The molecule has 1 aliphatic heterocycles. The van der Waals surface area contributed by atoms with Crippen LogP contribution in [-0.2, 0) is 21.2 Å². The third-order valence-electron chi connectivity index (χ3n) is 5.90. The first-order valence-corrected chi connectivity index (χ1v) is 13.4. The first-order valence-electron chi connectivity index (χ1n) is 11.9. The van der Waals surface area contributed by atoms with Gasteiger partial charge in [0, 0.05) is 18.7 Å². The average Bonchev–Trinajstić information content (AvgIpc) is 2.92. The maximum absolute atomic E-state index is 13.6. The van der Waals surface area contributed by atoms with Gasteiger partial charge in [-0.2, -0.15) is 0 Å². The Labute approximate surface area is 216 Å². The topological polar surface area (TPSA) is 114 Å². The predicted molar refractivity (Wildman–Crippen MR) is 140 cm³/mol. The summed E-state index contributed by atoms with van der Waals surface area (Å²) in [6.07, 6.45) is -0.272. The highest BCUT2D eigenvalue weighted by molar-refractivity contribution is 7.89. The van der Waals surface area contributed by atoms with Gasteiger partial charge in [-0.25, -0.2) is 13.1 Å². The molecule has 0 saturated heterocycles. The lowest BCUT2D eigenvalue weighted by molar-refractivity contribution is -0.127. The van der Waals surface area contributed by atoms with Crippen LogP contribution < -0.4 is 24.4 Å². The molecule has 2 N–H and O–H groups in total. The average molecular weight is 524 g/mol. The van der Waals surface area contributed by atoms with Crippen molar-refractivity contribution >= 4 is 27.5 Å². The normalized spacial score (nSPS) is 14.9. The number of nitrogens with one attached hydrogen (secondary N) is 2. The monoisotopic (exact) mass is 523 g/mol. The maximum Gasteiger partial charge on any atom is 0.262 e. The molecule has 2 amide bonds. The Morgan fingerprint density at radius 1 is 1.05 bits per heavy atom. The number of amides is 2. The van der Waals surface area contributed by atoms with E-state index in [0.29, 0.717) is 24.4 Å². The zero-order valence-corrected chi connectivity index (χ0v) is 21.5. The van der Waals surface area contributed by atoms with Crippen molar-refractivity contribution in [3.8, 4) is 11.5 Å². The molecule has 10 heteroatoms. The summed E-state index contributed by atoms with van der Waals surface area (Å²) >= 11 is 0. The van der Waals surface area contributed by atoms with Gasteiger partial charge in [0.2, 0.25) is 10.0 Å². The van der Waals surface area contributed by atoms with Crippen LogP contribution in [0.4, 0.5) is 5.69 Å². The number of anilines is 1. The molecule has 3 aromatic carbocycles. The summed E-state index contributed by atoms with van der Waals surface area (Å²) in [7, 11) is -2.53. The van der Waals surface area contributed by atoms with Gasteiger partial charge in [-0.15, -0.1) is 0 Å². The molecule has 1 heterocycles. The summed E-state index contributed by atoms with van der Waals surface area (Å²) in [5.74, 6) is -0.295. The molecule has 1 aliphatic rings. The fourth-order valence-corrected chi connectivity index (χ4v) is 5.33. The van der Waals surface area contributed by atoms with Crippen molar-refractivity contribution in [2.45, 2.75) is 24.3 Å². The number of methoxy groups -OCH3 is 1. The molecule has 0 aromatic heterocycles. The van der Waals surface area contributed by atoms with Crippen molar-refractivity contribution in [2.75, 3.05) is 31.6 Å². The van der Waals surface area contributed by atoms with E-state index >= 15 is 0 Å². The molecule has 0 aliphatic carbocycles. The van der Waals surface area contributed by atoms with E-state index in [1.807, 2.05) is 30.3 Å². The van der Waals surface area contributed by atoms with Crippen molar-refractivity contribution in [2.24, 2.45) is 0 Å². The van der Waals surface area contributed by atoms with E-state index in [0.717, 1.165) is 5.56 Å². The summed E-state index contributed by atoms with van der Waals surface area (Å²) in [6, 6.07) is 20.9. The van der Waals surface area contributed by atoms with Crippen LogP contribution in [0.5, 0.6) is 11.5 Å². The third-order valence-corrected chi connectivity index (χ3v) is 7.47. The molecule has 0 saturated carbocycles. The Bertz CT molecular complexity index is 1380. The van der Waals surface area contributed by atoms with Crippen molar-refractivity contribution in [1.82, 2.24) is 10.0 Å². The SMILES string of the molecule is CCNS(=O)(=O)c1cc(C(=O)N2C[C@H](C(=O)NCCc3ccccc3)Oc3ccccc32)ccc1OC. The summed E-state index contributed by atoms with van der Waals surface area (Å²) in [4.78, 5) is 27.9. The van der Waals surface area contributed by atoms with E-state index in [1.165, 1.54) is 30.2 Å². The molecule has 9 nitrogen and oxygen atoms in total. The number of hydrogen-bond donors (Lipinski definition) is 2. The van der Waals surface area contributed by atoms with Crippen LogP contribution in [0.2, 0.25) is 0 Å². The summed E-state index contributed by atoms with van der Waals surface area (Å²) < 4.78 is 39.0. The first-order chi connectivity index (χ1) is 17.8. The molecule has 3 aromatic rings. The number of rotatable bonds is 9. The zero-order valence-electron chi connectivity index (χ0n) is 20.6. The van der Waals surface area contributed by atoms with Gasteiger partial charge < -0.3 is 19.7 Å². The van der Waals surface area contributed by atoms with Gasteiger partial charge in [0.25, 0.3) is 11.8 Å². The zero-order chi connectivity index (χ0) is 26.4. The molecule has 0 fully saturated rings. The van der Waals surface area contributed by atoms with Gasteiger partial charge >= 0.3 is 0 Å². The van der Waals surface area contributed by atoms with E-state index in [9.17, 15) is 18.0 Å². The molecule has 0 bridgehead atoms. The number of hydrogen-bond acceptors (Lipinski definition) is 6. The smallest absolute Gasteiger partial charge is 0.262 e. The van der Waals surface area contributed by atoms with E-state index in [4.69, 9.17) is 9.47 Å². The number of benzene rings is 3. The first kappa shape index (κ1) is 26.2. The quantitative estimate of drug-likeness (QED) is 0.446. The largest absolute Gasteiger partial charge is 0.495 e. The highest BCUT2D eigenvalue weighted by Crippen LogP contribution is 2.35. The van der Waals surface area contributed by atoms with Gasteiger partial charge in [-0.05, 0) is 42.3 Å². The van der Waals surface area contributed by atoms with E-state index in [-0.39, 0.29) is 35.2 Å². The second-order valence-corrected chi connectivity index (χ2v) is 10.1. The van der Waals surface area contributed by atoms with E-state index in [2.05, 4.69) is 10.0 Å². The van der Waals surface area contributed by atoms with Gasteiger partial charge in [-0.3, -0.25) is 9.59 Å². The molecule has 0 unspecified atom stereocenters. The summed E-state index contributed by atoms with van der Waals surface area (Å²) in [5.41, 5.74) is 1.72. The summed E-state index contributed by atoms with van der Waals surface area (Å²) in [6.45, 7) is 2.23. The van der Waals surface area contributed by atoms with Crippen molar-refractivity contribution in [3.05, 3.63) is 83.9 Å². The number of ether oxygens (including phenoxy) is 2. The Morgan fingerprint density at radius 2 is 1.78 bits per heavy atom. The van der Waals surface area contributed by atoms with Gasteiger partial charge in [0.05, 0.1) is 19.3 Å². The minimum atomic E-state index is -3.89. The second-order valence-electron chi connectivity index (χ2n) is 8.38. The van der Waals surface area contributed by atoms with Gasteiger partial charge in [0.1, 0.15) is 16.4 Å². The molecule has 0 radical (unpaired) electrons. The van der Waals surface area contributed by atoms with Crippen molar-refractivity contribution in [3.63, 3.8) is 0 Å². The van der Waals surface area contributed by atoms with Crippen LogP contribution in [0.1, 0.15) is 22.8 Å². The van der Waals surface area contributed by atoms with Crippen LogP contribution in [0, 0.1) is 0 Å². The number of carbonyl (C=O) groups excluding carboxylic acids is 2. The molecule has 1 atom stereocenters. The molecule has 0 spiro atoms. The maximum atomic E-state index is 13.6. The Hall–Kier alpha value is -3.89. The Kier molecular flexibility index (Phi) is 8.10. The standard InChI is InChI=1S/C27H29N3O6S/c1-3-29-37(33,34)25-17-20(13-14-23(25)35-2)27(32)30-18-24(36-22-12-8-7-11-21(22)30)26(31)28-16-15-19-9-5-4-6-10-19/h4-14,17,24,29H,3,15-16,18H2,1-2H3,(H,28,31)/t24-/m1/s1. The molecule has 194 valence electrons. The highest BCUT2D eigenvalue weighted by atomic mass is 32.2. The van der Waals surface area contributed by atoms with Crippen LogP contribution >= 0.6 is 0 Å². The third kappa shape index (κ3) is 5.92. The fourth-order valence-electron chi connectivity index (χ4n) is 4.10. The number of nitrogens with zero attached hydrogens (tertiary/aromatic N) is 1. The van der Waals surface area contributed by atoms with Crippen molar-refractivity contribution in [1.29, 1.82) is 0 Å². The number of fused-ring (bicyclic) bond motifs is 1. The number of sulfonamides is 1. The predicted octanol–water partition coefficient (Wildman–Crippen LogP) is 2.76. The molecular weight excluding hydrogens is 494 g/mol. The second kappa shape index (κ2) is 11.4. The van der Waals surface area contributed by atoms with Crippen molar-refractivity contribution < 1.29 is 27.5 Å². The number of carbonyl (C=O) groups is 2.